The zero-order valence-corrected chi connectivity index (χ0v) is 10.5. The first-order valence-electron chi connectivity index (χ1n) is 6.04. The van der Waals surface area contributed by atoms with Crippen LogP contribution in [0.5, 0.6) is 0 Å². The van der Waals surface area contributed by atoms with Crippen LogP contribution in [0.4, 0.5) is 4.79 Å². The maximum atomic E-state index is 12.0. The van der Waals surface area contributed by atoms with E-state index in [2.05, 4.69) is 0 Å². The number of aliphatic carboxylic acids is 1. The predicted molar refractivity (Wildman–Crippen MR) is 60.6 cm³/mol. The molecule has 2 bridgehead atoms. The largest absolute Gasteiger partial charge is 0.481 e. The van der Waals surface area contributed by atoms with Crippen molar-refractivity contribution < 1.29 is 19.4 Å². The summed E-state index contributed by atoms with van der Waals surface area (Å²) in [5, 5.41) is 9.09. The molecule has 0 aromatic rings. The highest BCUT2D eigenvalue weighted by Gasteiger charge is 2.52. The first-order valence-corrected chi connectivity index (χ1v) is 6.04. The monoisotopic (exact) mass is 241 g/mol. The quantitative estimate of drug-likeness (QED) is 0.761. The SMILES string of the molecule is CC(C)(C)OC(=O)N1[C@H]2CC[C@H]1[C@H](C(=O)O)C2. The topological polar surface area (TPSA) is 66.8 Å². The molecule has 3 atom stereocenters. The van der Waals surface area contributed by atoms with Crippen molar-refractivity contribution in [1.82, 2.24) is 4.90 Å². The van der Waals surface area contributed by atoms with Crippen molar-refractivity contribution in [2.24, 2.45) is 5.92 Å². The molecule has 0 radical (unpaired) electrons. The van der Waals surface area contributed by atoms with Crippen molar-refractivity contribution in [3.8, 4) is 0 Å². The summed E-state index contributed by atoms with van der Waals surface area (Å²) in [7, 11) is 0. The third-order valence-electron chi connectivity index (χ3n) is 3.46. The van der Waals surface area contributed by atoms with Gasteiger partial charge in [-0.1, -0.05) is 0 Å². The summed E-state index contributed by atoms with van der Waals surface area (Å²) in [5.74, 6) is -1.22. The molecule has 0 aliphatic carbocycles. The maximum Gasteiger partial charge on any atom is 0.410 e. The zero-order chi connectivity index (χ0) is 12.8. The Balaban J connectivity index is 2.08. The minimum absolute atomic E-state index is 0.0518. The van der Waals surface area contributed by atoms with Gasteiger partial charge in [-0.2, -0.15) is 0 Å². The molecule has 2 rings (SSSR count). The number of hydrogen-bond acceptors (Lipinski definition) is 3. The van der Waals surface area contributed by atoms with Crippen LogP contribution >= 0.6 is 0 Å². The molecular weight excluding hydrogens is 222 g/mol. The van der Waals surface area contributed by atoms with Gasteiger partial charge in [0, 0.05) is 12.1 Å². The standard InChI is InChI=1S/C12H19NO4/c1-12(2,3)17-11(16)13-7-4-5-9(13)8(6-7)10(14)15/h7-9H,4-6H2,1-3H3,(H,14,15)/t7-,8+,9-/m0/s1. The number of carboxylic acids is 1. The number of fused-ring (bicyclic) bond motifs is 2. The number of amides is 1. The smallest absolute Gasteiger partial charge is 0.410 e. The van der Waals surface area contributed by atoms with E-state index in [1.54, 1.807) is 4.90 Å². The Morgan fingerprint density at radius 1 is 1.29 bits per heavy atom. The molecule has 0 unspecified atom stereocenters. The fraction of sp³-hybridized carbons (Fsp3) is 0.833. The minimum Gasteiger partial charge on any atom is -0.481 e. The fourth-order valence-corrected chi connectivity index (χ4v) is 2.85. The lowest BCUT2D eigenvalue weighted by Gasteiger charge is -2.27. The van der Waals surface area contributed by atoms with Crippen molar-refractivity contribution in [2.45, 2.75) is 57.7 Å². The summed E-state index contributed by atoms with van der Waals surface area (Å²) >= 11 is 0. The van der Waals surface area contributed by atoms with Gasteiger partial charge in [-0.3, -0.25) is 4.79 Å². The second kappa shape index (κ2) is 3.89. The Hall–Kier alpha value is -1.26. The lowest BCUT2D eigenvalue weighted by atomic mass is 9.89. The molecule has 0 aromatic heterocycles. The van der Waals surface area contributed by atoms with Crippen LogP contribution < -0.4 is 0 Å². The maximum absolute atomic E-state index is 12.0. The molecule has 0 aromatic carbocycles. The van der Waals surface area contributed by atoms with Gasteiger partial charge in [0.1, 0.15) is 5.60 Å². The van der Waals surface area contributed by atoms with Crippen molar-refractivity contribution in [3.05, 3.63) is 0 Å². The summed E-state index contributed by atoms with van der Waals surface area (Å²) in [6, 6.07) is -0.122. The number of carbonyl (C=O) groups excluding carboxylic acids is 1. The number of nitrogens with zero attached hydrogens (tertiary/aromatic N) is 1. The molecule has 5 nitrogen and oxygen atoms in total. The van der Waals surface area contributed by atoms with E-state index in [-0.39, 0.29) is 18.2 Å². The van der Waals surface area contributed by atoms with Crippen LogP contribution in [-0.2, 0) is 9.53 Å². The highest BCUT2D eigenvalue weighted by atomic mass is 16.6. The van der Waals surface area contributed by atoms with Gasteiger partial charge in [-0.25, -0.2) is 4.79 Å². The summed E-state index contributed by atoms with van der Waals surface area (Å²) in [6.45, 7) is 5.45. The lowest BCUT2D eigenvalue weighted by Crippen LogP contribution is -2.41. The van der Waals surface area contributed by atoms with Crippen molar-refractivity contribution in [2.75, 3.05) is 0 Å². The molecule has 2 fully saturated rings. The average molecular weight is 241 g/mol. The van der Waals surface area contributed by atoms with E-state index < -0.39 is 17.5 Å². The molecule has 2 heterocycles. The fourth-order valence-electron chi connectivity index (χ4n) is 2.85. The Kier molecular flexibility index (Phi) is 2.79. The van der Waals surface area contributed by atoms with Gasteiger partial charge in [-0.15, -0.1) is 0 Å². The van der Waals surface area contributed by atoms with E-state index in [0.717, 1.165) is 12.8 Å². The normalized spacial score (nSPS) is 31.7. The highest BCUT2D eigenvalue weighted by Crippen LogP contribution is 2.42. The molecule has 2 saturated heterocycles. The third-order valence-corrected chi connectivity index (χ3v) is 3.46. The summed E-state index contributed by atoms with van der Waals surface area (Å²) in [6.07, 6.45) is 1.88. The van der Waals surface area contributed by atoms with Crippen molar-refractivity contribution in [3.63, 3.8) is 0 Å². The van der Waals surface area contributed by atoms with E-state index in [1.807, 2.05) is 20.8 Å². The van der Waals surface area contributed by atoms with Crippen LogP contribution in [0, 0.1) is 5.92 Å². The van der Waals surface area contributed by atoms with Crippen molar-refractivity contribution >= 4 is 12.1 Å². The summed E-state index contributed by atoms with van der Waals surface area (Å²) in [5.41, 5.74) is -0.530. The molecule has 1 N–H and O–H groups in total. The molecule has 0 saturated carbocycles. The number of carbonyl (C=O) groups is 2. The van der Waals surface area contributed by atoms with E-state index in [4.69, 9.17) is 9.84 Å². The van der Waals surface area contributed by atoms with Gasteiger partial charge in [0.15, 0.2) is 0 Å². The lowest BCUT2D eigenvalue weighted by molar-refractivity contribution is -0.142. The van der Waals surface area contributed by atoms with Gasteiger partial charge in [0.05, 0.1) is 5.92 Å². The van der Waals surface area contributed by atoms with Crippen molar-refractivity contribution in [1.29, 1.82) is 0 Å². The zero-order valence-electron chi connectivity index (χ0n) is 10.5. The Morgan fingerprint density at radius 2 is 1.94 bits per heavy atom. The second-order valence-corrected chi connectivity index (χ2v) is 5.87. The minimum atomic E-state index is -0.800. The molecule has 96 valence electrons. The first kappa shape index (κ1) is 12.2. The highest BCUT2D eigenvalue weighted by molar-refractivity contribution is 5.76. The van der Waals surface area contributed by atoms with Crippen LogP contribution in [0.2, 0.25) is 0 Å². The van der Waals surface area contributed by atoms with Crippen LogP contribution in [0.1, 0.15) is 40.0 Å². The molecule has 1 amide bonds. The molecule has 5 heteroatoms. The average Bonchev–Trinajstić information content (AvgIpc) is 2.70. The summed E-state index contributed by atoms with van der Waals surface area (Å²) in [4.78, 5) is 24.7. The Labute approximate surface area is 101 Å². The Morgan fingerprint density at radius 3 is 2.41 bits per heavy atom. The van der Waals surface area contributed by atoms with Crippen LogP contribution in [-0.4, -0.2) is 39.8 Å². The number of rotatable bonds is 1. The number of hydrogen-bond donors (Lipinski definition) is 1. The summed E-state index contributed by atoms with van der Waals surface area (Å²) < 4.78 is 5.32. The van der Waals surface area contributed by atoms with E-state index in [9.17, 15) is 9.59 Å². The molecule has 0 spiro atoms. The van der Waals surface area contributed by atoms with Gasteiger partial charge in [0.25, 0.3) is 0 Å². The van der Waals surface area contributed by atoms with E-state index in [1.165, 1.54) is 0 Å². The van der Waals surface area contributed by atoms with Gasteiger partial charge >= 0.3 is 12.1 Å². The van der Waals surface area contributed by atoms with Crippen LogP contribution in [0.3, 0.4) is 0 Å². The van der Waals surface area contributed by atoms with Gasteiger partial charge < -0.3 is 14.7 Å². The second-order valence-electron chi connectivity index (χ2n) is 5.87. The van der Waals surface area contributed by atoms with E-state index >= 15 is 0 Å². The van der Waals surface area contributed by atoms with Gasteiger partial charge in [-0.05, 0) is 40.0 Å². The molecular formula is C12H19NO4. The molecule has 17 heavy (non-hydrogen) atoms. The van der Waals surface area contributed by atoms with Crippen LogP contribution in [0.15, 0.2) is 0 Å². The predicted octanol–water partition coefficient (Wildman–Crippen LogP) is 1.86. The third kappa shape index (κ3) is 2.23. The van der Waals surface area contributed by atoms with Crippen LogP contribution in [0.25, 0.3) is 0 Å². The van der Waals surface area contributed by atoms with Gasteiger partial charge in [0.2, 0.25) is 0 Å². The number of ether oxygens (including phenoxy) is 1. The molecule has 2 aliphatic heterocycles. The Bertz CT molecular complexity index is 347. The number of carboxylic acid groups (broad SMARTS) is 1. The first-order chi connectivity index (χ1) is 7.79. The van der Waals surface area contributed by atoms with E-state index in [0.29, 0.717) is 6.42 Å². The molecule has 2 aliphatic rings.